The number of nitrogens with one attached hydrogen (secondary N) is 1. The lowest BCUT2D eigenvalue weighted by molar-refractivity contribution is -0.144. The van der Waals surface area contributed by atoms with E-state index in [1.807, 2.05) is 13.8 Å². The van der Waals surface area contributed by atoms with E-state index in [0.29, 0.717) is 5.56 Å². The lowest BCUT2D eigenvalue weighted by Crippen LogP contribution is -2.31. The van der Waals surface area contributed by atoms with Gasteiger partial charge in [0, 0.05) is 11.6 Å². The molecule has 3 nitrogen and oxygen atoms in total. The summed E-state index contributed by atoms with van der Waals surface area (Å²) in [6.07, 6.45) is 0.945. The van der Waals surface area contributed by atoms with Gasteiger partial charge >= 0.3 is 5.97 Å². The number of esters is 1. The molecular formula is C13H18FNO2. The van der Waals surface area contributed by atoms with Gasteiger partial charge in [-0.15, -0.1) is 0 Å². The van der Waals surface area contributed by atoms with Crippen molar-refractivity contribution in [2.45, 2.75) is 32.9 Å². The van der Waals surface area contributed by atoms with Gasteiger partial charge in [0.25, 0.3) is 0 Å². The normalized spacial score (nSPS) is 12.2. The van der Waals surface area contributed by atoms with E-state index in [9.17, 15) is 9.18 Å². The van der Waals surface area contributed by atoms with Crippen molar-refractivity contribution in [1.29, 1.82) is 0 Å². The average molecular weight is 239 g/mol. The van der Waals surface area contributed by atoms with Crippen molar-refractivity contribution < 1.29 is 13.9 Å². The van der Waals surface area contributed by atoms with E-state index in [2.05, 4.69) is 5.32 Å². The van der Waals surface area contributed by atoms with Crippen LogP contribution in [0.4, 0.5) is 4.39 Å². The third-order valence-corrected chi connectivity index (χ3v) is 2.55. The van der Waals surface area contributed by atoms with Gasteiger partial charge in [0.1, 0.15) is 12.4 Å². The second-order valence-corrected chi connectivity index (χ2v) is 3.94. The number of carbonyl (C=O) groups is 1. The number of rotatable bonds is 6. The maximum atomic E-state index is 13.2. The zero-order valence-electron chi connectivity index (χ0n) is 10.2. The predicted octanol–water partition coefficient (Wildman–Crippen LogP) is 2.26. The van der Waals surface area contributed by atoms with Crippen molar-refractivity contribution in [2.24, 2.45) is 0 Å². The number of hydrogen-bond donors (Lipinski definition) is 1. The van der Waals surface area contributed by atoms with Crippen LogP contribution < -0.4 is 5.32 Å². The van der Waals surface area contributed by atoms with Crippen LogP contribution in [0.1, 0.15) is 25.8 Å². The molecule has 0 aliphatic heterocycles. The lowest BCUT2D eigenvalue weighted by Gasteiger charge is -2.11. The molecule has 0 heterocycles. The molecule has 1 unspecified atom stereocenters. The fourth-order valence-electron chi connectivity index (χ4n) is 1.23. The van der Waals surface area contributed by atoms with Gasteiger partial charge in [-0.25, -0.2) is 4.39 Å². The quantitative estimate of drug-likeness (QED) is 0.774. The first-order chi connectivity index (χ1) is 8.13. The molecule has 1 aromatic carbocycles. The molecule has 0 spiro atoms. The van der Waals surface area contributed by atoms with Crippen LogP contribution in [0.2, 0.25) is 0 Å². The summed E-state index contributed by atoms with van der Waals surface area (Å²) < 4.78 is 18.2. The van der Waals surface area contributed by atoms with E-state index in [4.69, 9.17) is 4.74 Å². The van der Waals surface area contributed by atoms with Crippen molar-refractivity contribution in [3.63, 3.8) is 0 Å². The maximum Gasteiger partial charge on any atom is 0.320 e. The number of benzene rings is 1. The summed E-state index contributed by atoms with van der Waals surface area (Å²) in [5, 5.41) is 3.01. The van der Waals surface area contributed by atoms with Crippen LogP contribution in [-0.4, -0.2) is 18.6 Å². The third kappa shape index (κ3) is 4.95. The van der Waals surface area contributed by atoms with Crippen LogP contribution in [0.25, 0.3) is 0 Å². The molecule has 0 fully saturated rings. The van der Waals surface area contributed by atoms with Gasteiger partial charge in [0.05, 0.1) is 6.54 Å². The Bertz CT molecular complexity index is 368. The molecule has 0 radical (unpaired) electrons. The molecule has 4 heteroatoms. The first kappa shape index (κ1) is 13.6. The van der Waals surface area contributed by atoms with Crippen LogP contribution >= 0.6 is 0 Å². The number of carbonyl (C=O) groups excluding carboxylic acids is 1. The molecule has 0 aromatic heterocycles. The van der Waals surface area contributed by atoms with Gasteiger partial charge in [0.15, 0.2) is 0 Å². The predicted molar refractivity (Wildman–Crippen MR) is 64.0 cm³/mol. The van der Waals surface area contributed by atoms with E-state index in [1.165, 1.54) is 6.07 Å². The van der Waals surface area contributed by atoms with E-state index in [0.717, 1.165) is 6.42 Å². The maximum absolute atomic E-state index is 13.2. The first-order valence-corrected chi connectivity index (χ1v) is 5.76. The summed E-state index contributed by atoms with van der Waals surface area (Å²) in [4.78, 5) is 11.3. The molecule has 1 N–H and O–H groups in total. The van der Waals surface area contributed by atoms with Crippen LogP contribution in [0.15, 0.2) is 24.3 Å². The van der Waals surface area contributed by atoms with E-state index >= 15 is 0 Å². The Morgan fingerprint density at radius 3 is 2.82 bits per heavy atom. The molecule has 1 rings (SSSR count). The lowest BCUT2D eigenvalue weighted by atomic mass is 10.2. The summed E-state index contributed by atoms with van der Waals surface area (Å²) in [5.41, 5.74) is 0.393. The van der Waals surface area contributed by atoms with Crippen LogP contribution in [0.3, 0.4) is 0 Å². The molecule has 0 saturated heterocycles. The Morgan fingerprint density at radius 1 is 1.47 bits per heavy atom. The van der Waals surface area contributed by atoms with Crippen molar-refractivity contribution in [1.82, 2.24) is 5.32 Å². The Hall–Kier alpha value is -1.42. The Kier molecular flexibility index (Phi) is 5.63. The standard InChI is InChI=1S/C13H18FNO2/c1-3-10(2)15-8-13(16)17-9-11-6-4-5-7-12(11)14/h4-7,10,15H,3,8-9H2,1-2H3. The summed E-state index contributed by atoms with van der Waals surface area (Å²) >= 11 is 0. The van der Waals surface area contributed by atoms with Gasteiger partial charge in [0.2, 0.25) is 0 Å². The minimum absolute atomic E-state index is 0.0201. The van der Waals surface area contributed by atoms with Crippen LogP contribution in [-0.2, 0) is 16.1 Å². The SMILES string of the molecule is CCC(C)NCC(=O)OCc1ccccc1F. The molecule has 0 bridgehead atoms. The van der Waals surface area contributed by atoms with Gasteiger partial charge < -0.3 is 10.1 Å². The number of halogens is 1. The highest BCUT2D eigenvalue weighted by molar-refractivity contribution is 5.71. The topological polar surface area (TPSA) is 38.3 Å². The molecule has 17 heavy (non-hydrogen) atoms. The smallest absolute Gasteiger partial charge is 0.320 e. The minimum atomic E-state index is -0.367. The molecule has 0 aliphatic rings. The molecular weight excluding hydrogens is 221 g/mol. The largest absolute Gasteiger partial charge is 0.460 e. The highest BCUT2D eigenvalue weighted by atomic mass is 19.1. The van der Waals surface area contributed by atoms with Gasteiger partial charge in [-0.3, -0.25) is 4.79 Å². The molecule has 1 aromatic rings. The van der Waals surface area contributed by atoms with Crippen LogP contribution in [0.5, 0.6) is 0 Å². The second kappa shape index (κ2) is 7.01. The Balaban J connectivity index is 2.31. The van der Waals surface area contributed by atoms with E-state index < -0.39 is 0 Å². The first-order valence-electron chi connectivity index (χ1n) is 5.76. The molecule has 0 amide bonds. The van der Waals surface area contributed by atoms with Crippen LogP contribution in [0, 0.1) is 5.82 Å². The Morgan fingerprint density at radius 2 is 2.18 bits per heavy atom. The monoisotopic (exact) mass is 239 g/mol. The molecule has 0 saturated carbocycles. The van der Waals surface area contributed by atoms with Gasteiger partial charge in [-0.05, 0) is 19.4 Å². The molecule has 0 aliphatic carbocycles. The summed E-state index contributed by atoms with van der Waals surface area (Å²) in [7, 11) is 0. The highest BCUT2D eigenvalue weighted by Crippen LogP contribution is 2.07. The van der Waals surface area contributed by atoms with Crippen molar-refractivity contribution in [3.8, 4) is 0 Å². The fraction of sp³-hybridized carbons (Fsp3) is 0.462. The highest BCUT2D eigenvalue weighted by Gasteiger charge is 2.07. The van der Waals surface area contributed by atoms with Gasteiger partial charge in [-0.1, -0.05) is 25.1 Å². The van der Waals surface area contributed by atoms with Crippen molar-refractivity contribution >= 4 is 5.97 Å². The molecule has 1 atom stereocenters. The summed E-state index contributed by atoms with van der Waals surface area (Å²) in [5.74, 6) is -0.719. The van der Waals surface area contributed by atoms with Crippen molar-refractivity contribution in [2.75, 3.05) is 6.54 Å². The zero-order chi connectivity index (χ0) is 12.7. The second-order valence-electron chi connectivity index (χ2n) is 3.94. The van der Waals surface area contributed by atoms with Gasteiger partial charge in [-0.2, -0.15) is 0 Å². The average Bonchev–Trinajstić information content (AvgIpc) is 2.35. The van der Waals surface area contributed by atoms with E-state index in [1.54, 1.807) is 18.2 Å². The zero-order valence-corrected chi connectivity index (χ0v) is 10.2. The van der Waals surface area contributed by atoms with E-state index in [-0.39, 0.29) is 31.0 Å². The minimum Gasteiger partial charge on any atom is -0.460 e. The summed E-state index contributed by atoms with van der Waals surface area (Å²) in [6, 6.07) is 6.54. The number of hydrogen-bond acceptors (Lipinski definition) is 3. The fourth-order valence-corrected chi connectivity index (χ4v) is 1.23. The number of ether oxygens (including phenoxy) is 1. The Labute approximate surface area is 101 Å². The third-order valence-electron chi connectivity index (χ3n) is 2.55. The molecule has 94 valence electrons. The van der Waals surface area contributed by atoms with Crippen molar-refractivity contribution in [3.05, 3.63) is 35.6 Å². The summed E-state index contributed by atoms with van der Waals surface area (Å²) in [6.45, 7) is 4.16.